The third kappa shape index (κ3) is 4.70. The summed E-state index contributed by atoms with van der Waals surface area (Å²) in [6.45, 7) is 5.31. The first-order chi connectivity index (χ1) is 10.0. The summed E-state index contributed by atoms with van der Waals surface area (Å²) in [5.41, 5.74) is -0.234. The highest BCUT2D eigenvalue weighted by molar-refractivity contribution is 6.33. The van der Waals surface area contributed by atoms with Gasteiger partial charge in [0.05, 0.1) is 4.92 Å². The molecule has 1 aromatic carbocycles. The molecule has 0 N–H and O–H groups in total. The maximum absolute atomic E-state index is 12.6. The summed E-state index contributed by atoms with van der Waals surface area (Å²) in [5.74, 6) is -0.314. The molecule has 1 aromatic rings. The molecule has 0 fully saturated rings. The maximum Gasteiger partial charge on any atom is 0.300 e. The van der Waals surface area contributed by atoms with Crippen LogP contribution in [0.15, 0.2) is 18.2 Å². The van der Waals surface area contributed by atoms with Gasteiger partial charge < -0.3 is 4.90 Å². The zero-order valence-electron chi connectivity index (χ0n) is 12.5. The van der Waals surface area contributed by atoms with Gasteiger partial charge in [-0.05, 0) is 25.0 Å². The molecule has 0 heterocycles. The number of halogens is 1. The highest BCUT2D eigenvalue weighted by atomic mass is 35.5. The monoisotopic (exact) mass is 312 g/mol. The molecule has 0 spiro atoms. The second-order valence-corrected chi connectivity index (χ2v) is 5.30. The van der Waals surface area contributed by atoms with Gasteiger partial charge in [0.25, 0.3) is 5.91 Å². The smallest absolute Gasteiger partial charge is 0.300 e. The topological polar surface area (TPSA) is 63.5 Å². The number of carbonyl (C=O) groups excluding carboxylic acids is 1. The molecular weight excluding hydrogens is 292 g/mol. The number of unbranched alkanes of at least 4 members (excludes halogenated alkanes) is 2. The van der Waals surface area contributed by atoms with Crippen molar-refractivity contribution in [2.24, 2.45) is 0 Å². The Kier molecular flexibility index (Phi) is 7.15. The molecule has 6 heteroatoms. The molecule has 0 atom stereocenters. The van der Waals surface area contributed by atoms with E-state index in [9.17, 15) is 14.9 Å². The van der Waals surface area contributed by atoms with Crippen LogP contribution in [0, 0.1) is 10.1 Å². The number of benzene rings is 1. The van der Waals surface area contributed by atoms with Gasteiger partial charge in [-0.15, -0.1) is 0 Å². The molecule has 0 aromatic heterocycles. The van der Waals surface area contributed by atoms with Gasteiger partial charge in [-0.2, -0.15) is 0 Å². The average molecular weight is 313 g/mol. The van der Waals surface area contributed by atoms with Crippen molar-refractivity contribution in [3.63, 3.8) is 0 Å². The van der Waals surface area contributed by atoms with E-state index >= 15 is 0 Å². The van der Waals surface area contributed by atoms with Crippen LogP contribution in [0.25, 0.3) is 0 Å². The maximum atomic E-state index is 12.6. The summed E-state index contributed by atoms with van der Waals surface area (Å²) < 4.78 is 0. The first-order valence-corrected chi connectivity index (χ1v) is 7.62. The molecule has 0 bridgehead atoms. The number of hydrogen-bond acceptors (Lipinski definition) is 3. The lowest BCUT2D eigenvalue weighted by Gasteiger charge is -2.22. The lowest BCUT2D eigenvalue weighted by atomic mass is 10.1. The van der Waals surface area contributed by atoms with Gasteiger partial charge in [0.2, 0.25) is 0 Å². The van der Waals surface area contributed by atoms with Crippen molar-refractivity contribution in [2.45, 2.75) is 39.5 Å². The predicted octanol–water partition coefficient (Wildman–Crippen LogP) is 4.29. The summed E-state index contributed by atoms with van der Waals surface area (Å²) in [6.07, 6.45) is 3.69. The summed E-state index contributed by atoms with van der Waals surface area (Å²) in [6, 6.07) is 4.47. The fourth-order valence-corrected chi connectivity index (χ4v) is 2.30. The molecule has 1 amide bonds. The fraction of sp³-hybridized carbons (Fsp3) is 0.533. The van der Waals surface area contributed by atoms with E-state index in [1.165, 1.54) is 12.1 Å². The molecule has 0 aliphatic carbocycles. The van der Waals surface area contributed by atoms with Crippen molar-refractivity contribution >= 4 is 23.2 Å². The van der Waals surface area contributed by atoms with Crippen LogP contribution >= 0.6 is 11.6 Å². The first-order valence-electron chi connectivity index (χ1n) is 7.25. The zero-order valence-corrected chi connectivity index (χ0v) is 13.2. The Balaban J connectivity index is 3.07. The number of para-hydroxylation sites is 1. The Morgan fingerprint density at radius 1 is 1.24 bits per heavy atom. The molecule has 0 saturated heterocycles. The standard InChI is InChI=1S/C15H21ClN2O3/c1-3-5-10-17(11-6-4-2)15(19)12-8-7-9-13(16)14(12)18(20)21/h7-9H,3-6,10-11H2,1-2H3. The Hall–Kier alpha value is -1.62. The lowest BCUT2D eigenvalue weighted by Crippen LogP contribution is -2.33. The van der Waals surface area contributed by atoms with Crippen molar-refractivity contribution < 1.29 is 9.72 Å². The van der Waals surface area contributed by atoms with Crippen molar-refractivity contribution in [3.05, 3.63) is 38.9 Å². The SMILES string of the molecule is CCCCN(CCCC)C(=O)c1cccc(Cl)c1[N+](=O)[O-]. The van der Waals surface area contributed by atoms with E-state index in [1.807, 2.05) is 13.8 Å². The summed E-state index contributed by atoms with van der Waals surface area (Å²) >= 11 is 5.87. The molecule has 0 aliphatic heterocycles. The Morgan fingerprint density at radius 2 is 1.81 bits per heavy atom. The zero-order chi connectivity index (χ0) is 15.8. The third-order valence-electron chi connectivity index (χ3n) is 3.25. The Morgan fingerprint density at radius 3 is 2.29 bits per heavy atom. The van der Waals surface area contributed by atoms with E-state index in [-0.39, 0.29) is 22.2 Å². The second-order valence-electron chi connectivity index (χ2n) is 4.89. The van der Waals surface area contributed by atoms with Gasteiger partial charge in [-0.1, -0.05) is 44.4 Å². The predicted molar refractivity (Wildman–Crippen MR) is 83.8 cm³/mol. The van der Waals surface area contributed by atoms with E-state index in [4.69, 9.17) is 11.6 Å². The van der Waals surface area contributed by atoms with Crippen LogP contribution < -0.4 is 0 Å². The van der Waals surface area contributed by atoms with Gasteiger partial charge in [0.15, 0.2) is 0 Å². The Labute approximate surface area is 130 Å². The van der Waals surface area contributed by atoms with Gasteiger partial charge >= 0.3 is 5.69 Å². The highest BCUT2D eigenvalue weighted by Gasteiger charge is 2.26. The molecule has 5 nitrogen and oxygen atoms in total. The van der Waals surface area contributed by atoms with Gasteiger partial charge in [0.1, 0.15) is 10.6 Å². The van der Waals surface area contributed by atoms with Crippen LogP contribution in [0.2, 0.25) is 5.02 Å². The first kappa shape index (κ1) is 17.4. The second kappa shape index (κ2) is 8.62. The molecule has 0 aliphatic rings. The fourth-order valence-electron chi connectivity index (χ4n) is 2.06. The minimum absolute atomic E-state index is 0.00298. The van der Waals surface area contributed by atoms with Crippen LogP contribution in [0.1, 0.15) is 49.9 Å². The highest BCUT2D eigenvalue weighted by Crippen LogP contribution is 2.29. The molecule has 0 unspecified atom stereocenters. The van der Waals surface area contributed by atoms with Crippen molar-refractivity contribution in [1.29, 1.82) is 0 Å². The van der Waals surface area contributed by atoms with Crippen molar-refractivity contribution in [1.82, 2.24) is 4.90 Å². The van der Waals surface area contributed by atoms with E-state index in [0.29, 0.717) is 13.1 Å². The minimum Gasteiger partial charge on any atom is -0.338 e. The van der Waals surface area contributed by atoms with Crippen molar-refractivity contribution in [3.8, 4) is 0 Å². The number of carbonyl (C=O) groups is 1. The summed E-state index contributed by atoms with van der Waals surface area (Å²) in [4.78, 5) is 24.8. The van der Waals surface area contributed by atoms with Crippen LogP contribution in [-0.2, 0) is 0 Å². The molecule has 0 saturated carbocycles. The third-order valence-corrected chi connectivity index (χ3v) is 3.56. The van der Waals surface area contributed by atoms with Crippen LogP contribution in [-0.4, -0.2) is 28.8 Å². The number of rotatable bonds is 8. The number of nitro groups is 1. The van der Waals surface area contributed by atoms with Crippen molar-refractivity contribution in [2.75, 3.05) is 13.1 Å². The minimum atomic E-state index is -0.590. The molecule has 1 rings (SSSR count). The molecular formula is C15H21ClN2O3. The average Bonchev–Trinajstić information content (AvgIpc) is 2.46. The quantitative estimate of drug-likeness (QED) is 0.531. The summed E-state index contributed by atoms with van der Waals surface area (Å²) in [5, 5.41) is 11.1. The lowest BCUT2D eigenvalue weighted by molar-refractivity contribution is -0.385. The van der Waals surface area contributed by atoms with Gasteiger partial charge in [0, 0.05) is 13.1 Å². The van der Waals surface area contributed by atoms with Gasteiger partial charge in [-0.25, -0.2) is 0 Å². The van der Waals surface area contributed by atoms with E-state index in [0.717, 1.165) is 25.7 Å². The largest absolute Gasteiger partial charge is 0.338 e. The number of nitro benzene ring substituents is 1. The number of hydrogen-bond donors (Lipinski definition) is 0. The van der Waals surface area contributed by atoms with E-state index < -0.39 is 4.92 Å². The molecule has 116 valence electrons. The van der Waals surface area contributed by atoms with Crippen LogP contribution in [0.5, 0.6) is 0 Å². The Bertz CT molecular complexity index is 498. The molecule has 21 heavy (non-hydrogen) atoms. The number of amides is 1. The van der Waals surface area contributed by atoms with E-state index in [2.05, 4.69) is 0 Å². The van der Waals surface area contributed by atoms with Crippen LogP contribution in [0.4, 0.5) is 5.69 Å². The normalized spacial score (nSPS) is 10.4. The van der Waals surface area contributed by atoms with Gasteiger partial charge in [-0.3, -0.25) is 14.9 Å². The molecule has 0 radical (unpaired) electrons. The van der Waals surface area contributed by atoms with E-state index in [1.54, 1.807) is 11.0 Å². The summed E-state index contributed by atoms with van der Waals surface area (Å²) in [7, 11) is 0. The number of nitrogens with zero attached hydrogens (tertiary/aromatic N) is 2. The van der Waals surface area contributed by atoms with Crippen LogP contribution in [0.3, 0.4) is 0 Å².